The zero-order valence-electron chi connectivity index (χ0n) is 17.9. The van der Waals surface area contributed by atoms with Crippen LogP contribution in [-0.2, 0) is 23.8 Å². The Morgan fingerprint density at radius 3 is 2.41 bits per heavy atom. The summed E-state index contributed by atoms with van der Waals surface area (Å²) in [5, 5.41) is 7.92. The molecule has 2 unspecified atom stereocenters. The van der Waals surface area contributed by atoms with Crippen LogP contribution < -0.4 is 0 Å². The Morgan fingerprint density at radius 1 is 1.06 bits per heavy atom. The highest BCUT2D eigenvalue weighted by Crippen LogP contribution is 2.32. The summed E-state index contributed by atoms with van der Waals surface area (Å²) >= 11 is 0. The molecule has 8 heteroatoms. The molecule has 32 heavy (non-hydrogen) atoms. The van der Waals surface area contributed by atoms with Gasteiger partial charge in [0.2, 0.25) is 0 Å². The highest BCUT2D eigenvalue weighted by molar-refractivity contribution is 5.83. The van der Waals surface area contributed by atoms with Crippen LogP contribution in [0.2, 0.25) is 0 Å². The maximum Gasteiger partial charge on any atom is 0.416 e. The van der Waals surface area contributed by atoms with Crippen LogP contribution in [0.1, 0.15) is 55.2 Å². The van der Waals surface area contributed by atoms with E-state index < -0.39 is 17.9 Å². The lowest BCUT2D eigenvalue weighted by Gasteiger charge is -2.12. The zero-order valence-corrected chi connectivity index (χ0v) is 17.9. The van der Waals surface area contributed by atoms with Crippen LogP contribution in [0, 0.1) is 5.92 Å². The number of nitrogens with zero attached hydrogens (tertiary/aromatic N) is 3. The Labute approximate surface area is 184 Å². The summed E-state index contributed by atoms with van der Waals surface area (Å²) in [6, 6.07) is 11.9. The molecule has 0 fully saturated rings. The van der Waals surface area contributed by atoms with Gasteiger partial charge in [-0.15, -0.1) is 5.10 Å². The SMILES string of the molecule is CCCC(C)C(F)c1cn(-c2ccc(CC(=O)Cc3ccccc3C(F)(F)F)cc2)nn1. The van der Waals surface area contributed by atoms with Gasteiger partial charge in [-0.25, -0.2) is 9.07 Å². The summed E-state index contributed by atoms with van der Waals surface area (Å²) in [5.41, 5.74) is 0.773. The van der Waals surface area contributed by atoms with Gasteiger partial charge in [0, 0.05) is 12.8 Å². The molecule has 1 aromatic heterocycles. The van der Waals surface area contributed by atoms with Crippen LogP contribution in [0.25, 0.3) is 5.69 Å². The van der Waals surface area contributed by atoms with Gasteiger partial charge in [0.1, 0.15) is 17.6 Å². The van der Waals surface area contributed by atoms with Crippen molar-refractivity contribution in [3.05, 3.63) is 77.1 Å². The summed E-state index contributed by atoms with van der Waals surface area (Å²) in [5.74, 6) is -0.469. The van der Waals surface area contributed by atoms with E-state index in [1.54, 1.807) is 30.5 Å². The molecule has 4 nitrogen and oxygen atoms in total. The van der Waals surface area contributed by atoms with Crippen molar-refractivity contribution in [3.63, 3.8) is 0 Å². The number of benzene rings is 2. The lowest BCUT2D eigenvalue weighted by atomic mass is 9.98. The van der Waals surface area contributed by atoms with Crippen molar-refractivity contribution in [2.45, 2.75) is 51.9 Å². The van der Waals surface area contributed by atoms with E-state index in [0.717, 1.165) is 18.9 Å². The Morgan fingerprint density at radius 2 is 1.75 bits per heavy atom. The van der Waals surface area contributed by atoms with E-state index in [4.69, 9.17) is 0 Å². The Kier molecular flexibility index (Phi) is 7.43. The van der Waals surface area contributed by atoms with E-state index in [1.165, 1.54) is 22.9 Å². The molecule has 0 aliphatic heterocycles. The smallest absolute Gasteiger partial charge is 0.299 e. The van der Waals surface area contributed by atoms with E-state index in [9.17, 15) is 22.4 Å². The maximum absolute atomic E-state index is 14.5. The molecule has 0 spiro atoms. The molecular formula is C24H25F4N3O. The van der Waals surface area contributed by atoms with Gasteiger partial charge in [-0.05, 0) is 41.7 Å². The molecule has 2 aromatic carbocycles. The summed E-state index contributed by atoms with van der Waals surface area (Å²) < 4.78 is 55.3. The van der Waals surface area contributed by atoms with E-state index in [0.29, 0.717) is 11.3 Å². The topological polar surface area (TPSA) is 47.8 Å². The van der Waals surface area contributed by atoms with E-state index in [2.05, 4.69) is 10.3 Å². The zero-order chi connectivity index (χ0) is 23.3. The molecule has 3 aromatic rings. The second kappa shape index (κ2) is 10.1. The van der Waals surface area contributed by atoms with Gasteiger partial charge in [0.15, 0.2) is 0 Å². The van der Waals surface area contributed by atoms with Crippen LogP contribution in [0.5, 0.6) is 0 Å². The largest absolute Gasteiger partial charge is 0.416 e. The van der Waals surface area contributed by atoms with Crippen molar-refractivity contribution >= 4 is 5.78 Å². The first kappa shape index (κ1) is 23.6. The number of hydrogen-bond acceptors (Lipinski definition) is 3. The van der Waals surface area contributed by atoms with Gasteiger partial charge in [0.05, 0.1) is 17.4 Å². The molecule has 0 saturated carbocycles. The molecule has 0 aliphatic rings. The molecule has 2 atom stereocenters. The first-order valence-corrected chi connectivity index (χ1v) is 10.5. The molecule has 1 heterocycles. The van der Waals surface area contributed by atoms with Crippen LogP contribution in [-0.4, -0.2) is 20.8 Å². The second-order valence-corrected chi connectivity index (χ2v) is 7.97. The lowest BCUT2D eigenvalue weighted by molar-refractivity contribution is -0.138. The minimum absolute atomic E-state index is 0.0101. The van der Waals surface area contributed by atoms with Crippen LogP contribution in [0.15, 0.2) is 54.7 Å². The quantitative estimate of drug-likeness (QED) is 0.373. The Hall–Kier alpha value is -3.03. The number of ketones is 1. The van der Waals surface area contributed by atoms with Gasteiger partial charge in [-0.3, -0.25) is 4.79 Å². The van der Waals surface area contributed by atoms with E-state index in [1.807, 2.05) is 13.8 Å². The number of aromatic nitrogens is 3. The number of alkyl halides is 4. The highest BCUT2D eigenvalue weighted by Gasteiger charge is 2.33. The van der Waals surface area contributed by atoms with Crippen LogP contribution in [0.3, 0.4) is 0 Å². The number of carbonyl (C=O) groups is 1. The molecule has 0 aliphatic carbocycles. The molecule has 0 bridgehead atoms. The fraction of sp³-hybridized carbons (Fsp3) is 0.375. The molecular weight excluding hydrogens is 422 g/mol. The number of rotatable bonds is 9. The molecule has 0 N–H and O–H groups in total. The Bertz CT molecular complexity index is 1040. The van der Waals surface area contributed by atoms with Crippen molar-refractivity contribution in [3.8, 4) is 5.69 Å². The predicted octanol–water partition coefficient (Wildman–Crippen LogP) is 6.09. The van der Waals surface area contributed by atoms with Crippen molar-refractivity contribution < 1.29 is 22.4 Å². The molecule has 3 rings (SSSR count). The van der Waals surface area contributed by atoms with Crippen molar-refractivity contribution in [1.82, 2.24) is 15.0 Å². The van der Waals surface area contributed by atoms with Gasteiger partial charge in [-0.1, -0.05) is 55.8 Å². The summed E-state index contributed by atoms with van der Waals surface area (Å²) in [7, 11) is 0. The second-order valence-electron chi connectivity index (χ2n) is 7.97. The summed E-state index contributed by atoms with van der Waals surface area (Å²) in [6.07, 6.45) is -2.79. The summed E-state index contributed by atoms with van der Waals surface area (Å²) in [6.45, 7) is 3.84. The first-order chi connectivity index (χ1) is 15.2. The average molecular weight is 447 g/mol. The van der Waals surface area contributed by atoms with Crippen molar-refractivity contribution in [2.75, 3.05) is 0 Å². The molecule has 0 amide bonds. The third-order valence-electron chi connectivity index (χ3n) is 5.35. The standard InChI is InChI=1S/C24H25F4N3O/c1-3-6-16(2)23(25)22-15-31(30-29-22)19-11-9-17(10-12-19)13-20(32)14-18-7-4-5-8-21(18)24(26,27)28/h4-5,7-12,15-16,23H,3,6,13-14H2,1-2H3. The molecule has 0 radical (unpaired) electrons. The average Bonchev–Trinajstić information content (AvgIpc) is 3.23. The van der Waals surface area contributed by atoms with E-state index >= 15 is 0 Å². The third-order valence-corrected chi connectivity index (χ3v) is 5.35. The van der Waals surface area contributed by atoms with Crippen molar-refractivity contribution in [2.24, 2.45) is 5.92 Å². The van der Waals surface area contributed by atoms with Gasteiger partial charge >= 0.3 is 6.18 Å². The van der Waals surface area contributed by atoms with Crippen LogP contribution in [0.4, 0.5) is 17.6 Å². The fourth-order valence-corrected chi connectivity index (χ4v) is 3.64. The van der Waals surface area contributed by atoms with Crippen LogP contribution >= 0.6 is 0 Å². The monoisotopic (exact) mass is 447 g/mol. The van der Waals surface area contributed by atoms with E-state index in [-0.39, 0.29) is 35.8 Å². The first-order valence-electron chi connectivity index (χ1n) is 10.5. The fourth-order valence-electron chi connectivity index (χ4n) is 3.64. The summed E-state index contributed by atoms with van der Waals surface area (Å²) in [4.78, 5) is 12.4. The normalized spacial score (nSPS) is 13.7. The highest BCUT2D eigenvalue weighted by atomic mass is 19.4. The minimum Gasteiger partial charge on any atom is -0.299 e. The number of hydrogen-bond donors (Lipinski definition) is 0. The third kappa shape index (κ3) is 5.81. The number of carbonyl (C=O) groups excluding carboxylic acids is 1. The number of halogens is 4. The Balaban J connectivity index is 1.65. The minimum atomic E-state index is -4.50. The molecule has 0 saturated heterocycles. The van der Waals surface area contributed by atoms with Gasteiger partial charge < -0.3 is 0 Å². The lowest BCUT2D eigenvalue weighted by Crippen LogP contribution is -2.13. The van der Waals surface area contributed by atoms with Crippen molar-refractivity contribution in [1.29, 1.82) is 0 Å². The van der Waals surface area contributed by atoms with Gasteiger partial charge in [0.25, 0.3) is 0 Å². The maximum atomic E-state index is 14.5. The molecule has 170 valence electrons. The predicted molar refractivity (Wildman–Crippen MR) is 113 cm³/mol. The van der Waals surface area contributed by atoms with Gasteiger partial charge in [-0.2, -0.15) is 13.2 Å². The number of Topliss-reactive ketones (excluding diaryl/α,β-unsaturated/α-hetero) is 1.